The average Bonchev–Trinajstić information content (AvgIpc) is 3.02. The highest BCUT2D eigenvalue weighted by molar-refractivity contribution is 6.03. The molecule has 0 spiro atoms. The Morgan fingerprint density at radius 2 is 0.763 bits per heavy atom. The molecule has 38 heavy (non-hydrogen) atoms. The van der Waals surface area contributed by atoms with Crippen LogP contribution in [0.1, 0.15) is 0 Å². The first-order chi connectivity index (χ1) is 18.8. The summed E-state index contributed by atoms with van der Waals surface area (Å²) in [5.41, 5.74) is 7.07. The molecule has 0 aliphatic heterocycles. The summed E-state index contributed by atoms with van der Waals surface area (Å²) >= 11 is 0. The molecular weight excluding hydrogens is 468 g/mol. The first-order valence-electron chi connectivity index (χ1n) is 12.2. The van der Waals surface area contributed by atoms with Crippen molar-refractivity contribution in [3.8, 4) is 34.2 Å². The SMILES string of the molecule is c1ccc(-c2ccc3ccc4cccnc4c3n2)nc1.c1ccc(-c2cccc(-c3ccccn3)n2)nc1. The zero-order valence-electron chi connectivity index (χ0n) is 20.4. The number of nitrogens with zero attached hydrogens (tertiary/aromatic N) is 6. The molecule has 0 N–H and O–H groups in total. The molecule has 0 saturated heterocycles. The standard InChI is InChI=1S/C17H11N3.C15H11N3/c1-2-10-18-14(5-1)15-9-8-13-7-6-12-4-3-11-19-16(12)17(13)20-15;1-3-10-16-12(6-1)14-8-5-9-15(18-14)13-7-2-4-11-17-13/h1-11H;1-11H. The zero-order valence-corrected chi connectivity index (χ0v) is 20.4. The molecule has 7 aromatic rings. The van der Waals surface area contributed by atoms with Gasteiger partial charge in [-0.15, -0.1) is 0 Å². The summed E-state index contributed by atoms with van der Waals surface area (Å²) in [5.74, 6) is 0. The maximum absolute atomic E-state index is 4.75. The van der Waals surface area contributed by atoms with Crippen LogP contribution in [0.2, 0.25) is 0 Å². The van der Waals surface area contributed by atoms with E-state index in [1.807, 2.05) is 84.9 Å². The molecule has 6 nitrogen and oxygen atoms in total. The van der Waals surface area contributed by atoms with Gasteiger partial charge < -0.3 is 0 Å². The summed E-state index contributed by atoms with van der Waals surface area (Å²) in [6.45, 7) is 0. The van der Waals surface area contributed by atoms with Crippen LogP contribution in [0.5, 0.6) is 0 Å². The number of rotatable bonds is 3. The van der Waals surface area contributed by atoms with E-state index in [4.69, 9.17) is 4.98 Å². The van der Waals surface area contributed by atoms with Crippen LogP contribution in [0.25, 0.3) is 56.0 Å². The molecule has 6 heteroatoms. The van der Waals surface area contributed by atoms with E-state index in [0.29, 0.717) is 0 Å². The second-order valence-electron chi connectivity index (χ2n) is 8.46. The van der Waals surface area contributed by atoms with Gasteiger partial charge >= 0.3 is 0 Å². The lowest BCUT2D eigenvalue weighted by molar-refractivity contribution is 1.22. The van der Waals surface area contributed by atoms with Crippen molar-refractivity contribution in [2.45, 2.75) is 0 Å². The van der Waals surface area contributed by atoms with Crippen molar-refractivity contribution in [1.82, 2.24) is 29.9 Å². The molecule has 0 aliphatic rings. The highest BCUT2D eigenvalue weighted by Gasteiger charge is 2.06. The van der Waals surface area contributed by atoms with E-state index in [2.05, 4.69) is 49.2 Å². The van der Waals surface area contributed by atoms with E-state index in [0.717, 1.165) is 56.0 Å². The smallest absolute Gasteiger partial charge is 0.0972 e. The van der Waals surface area contributed by atoms with Gasteiger partial charge in [-0.05, 0) is 60.7 Å². The maximum atomic E-state index is 4.75. The molecule has 7 rings (SSSR count). The van der Waals surface area contributed by atoms with Gasteiger partial charge in [0, 0.05) is 35.6 Å². The molecule has 0 amide bonds. The molecule has 0 radical (unpaired) electrons. The van der Waals surface area contributed by atoms with Crippen LogP contribution >= 0.6 is 0 Å². The largest absolute Gasteiger partial charge is 0.255 e. The topological polar surface area (TPSA) is 77.3 Å². The Hall–Kier alpha value is -5.36. The molecular formula is C32H22N6. The summed E-state index contributed by atoms with van der Waals surface area (Å²) in [5, 5.41) is 2.20. The molecule has 0 unspecified atom stereocenters. The fourth-order valence-electron chi connectivity index (χ4n) is 4.13. The molecule has 0 fully saturated rings. The Morgan fingerprint density at radius 3 is 1.32 bits per heavy atom. The molecule has 0 saturated carbocycles. The lowest BCUT2D eigenvalue weighted by Crippen LogP contribution is -1.90. The number of hydrogen-bond acceptors (Lipinski definition) is 6. The third kappa shape index (κ3) is 4.96. The molecule has 1 aromatic carbocycles. The maximum Gasteiger partial charge on any atom is 0.0972 e. The summed E-state index contributed by atoms with van der Waals surface area (Å²) in [6, 6.07) is 35.5. The van der Waals surface area contributed by atoms with Crippen LogP contribution in [0.3, 0.4) is 0 Å². The van der Waals surface area contributed by atoms with Gasteiger partial charge in [-0.1, -0.05) is 48.5 Å². The predicted octanol–water partition coefficient (Wildman–Crippen LogP) is 7.05. The fourth-order valence-corrected chi connectivity index (χ4v) is 4.13. The molecule has 0 atom stereocenters. The van der Waals surface area contributed by atoms with E-state index in [9.17, 15) is 0 Å². The monoisotopic (exact) mass is 490 g/mol. The van der Waals surface area contributed by atoms with Crippen LogP contribution in [0.4, 0.5) is 0 Å². The summed E-state index contributed by atoms with van der Waals surface area (Å²) < 4.78 is 0. The van der Waals surface area contributed by atoms with Gasteiger partial charge in [-0.2, -0.15) is 0 Å². The van der Waals surface area contributed by atoms with Crippen molar-refractivity contribution in [3.63, 3.8) is 0 Å². The minimum atomic E-state index is 0.860. The predicted molar refractivity (Wildman–Crippen MR) is 151 cm³/mol. The van der Waals surface area contributed by atoms with Gasteiger partial charge in [0.2, 0.25) is 0 Å². The van der Waals surface area contributed by atoms with Gasteiger partial charge in [0.15, 0.2) is 0 Å². The second-order valence-corrected chi connectivity index (χ2v) is 8.46. The quantitative estimate of drug-likeness (QED) is 0.247. The molecule has 6 aromatic heterocycles. The Labute approximate surface area is 219 Å². The van der Waals surface area contributed by atoms with Crippen LogP contribution in [-0.4, -0.2) is 29.9 Å². The summed E-state index contributed by atoms with van der Waals surface area (Å²) in [6.07, 6.45) is 7.12. The third-order valence-corrected chi connectivity index (χ3v) is 5.96. The number of benzene rings is 1. The van der Waals surface area contributed by atoms with Crippen molar-refractivity contribution >= 4 is 21.8 Å². The van der Waals surface area contributed by atoms with E-state index in [1.165, 1.54) is 0 Å². The number of hydrogen-bond donors (Lipinski definition) is 0. The molecule has 6 heterocycles. The Kier molecular flexibility index (Phi) is 6.51. The van der Waals surface area contributed by atoms with Crippen LogP contribution in [0, 0.1) is 0 Å². The highest BCUT2D eigenvalue weighted by atomic mass is 14.8. The third-order valence-electron chi connectivity index (χ3n) is 5.96. The number of pyridine rings is 6. The number of fused-ring (bicyclic) bond motifs is 3. The number of aromatic nitrogens is 6. The van der Waals surface area contributed by atoms with Crippen molar-refractivity contribution in [3.05, 3.63) is 134 Å². The lowest BCUT2D eigenvalue weighted by Gasteiger charge is -2.05. The Morgan fingerprint density at radius 1 is 0.289 bits per heavy atom. The van der Waals surface area contributed by atoms with E-state index in [-0.39, 0.29) is 0 Å². The van der Waals surface area contributed by atoms with Crippen molar-refractivity contribution < 1.29 is 0 Å². The van der Waals surface area contributed by atoms with Crippen LogP contribution in [-0.2, 0) is 0 Å². The van der Waals surface area contributed by atoms with Crippen LogP contribution < -0.4 is 0 Å². The van der Waals surface area contributed by atoms with Gasteiger partial charge in [-0.3, -0.25) is 19.9 Å². The van der Waals surface area contributed by atoms with Crippen LogP contribution in [0.15, 0.2) is 134 Å². The minimum absolute atomic E-state index is 0.860. The first kappa shape index (κ1) is 23.1. The van der Waals surface area contributed by atoms with Gasteiger partial charge in [0.05, 0.1) is 45.2 Å². The van der Waals surface area contributed by atoms with Crippen molar-refractivity contribution in [2.75, 3.05) is 0 Å². The Balaban J connectivity index is 0.000000140. The van der Waals surface area contributed by atoms with E-state index in [1.54, 1.807) is 24.8 Å². The minimum Gasteiger partial charge on any atom is -0.255 e. The zero-order chi connectivity index (χ0) is 25.6. The van der Waals surface area contributed by atoms with E-state index >= 15 is 0 Å². The average molecular weight is 491 g/mol. The molecule has 0 bridgehead atoms. The first-order valence-corrected chi connectivity index (χ1v) is 12.2. The van der Waals surface area contributed by atoms with E-state index < -0.39 is 0 Å². The van der Waals surface area contributed by atoms with Crippen molar-refractivity contribution in [2.24, 2.45) is 0 Å². The fraction of sp³-hybridized carbons (Fsp3) is 0. The summed E-state index contributed by atoms with van der Waals surface area (Å²) in [7, 11) is 0. The van der Waals surface area contributed by atoms with Gasteiger partial charge in [0.1, 0.15) is 0 Å². The molecule has 0 aliphatic carbocycles. The van der Waals surface area contributed by atoms with Gasteiger partial charge in [-0.25, -0.2) is 9.97 Å². The normalized spacial score (nSPS) is 10.6. The Bertz CT molecular complexity index is 1750. The lowest BCUT2D eigenvalue weighted by atomic mass is 10.1. The summed E-state index contributed by atoms with van der Waals surface area (Å²) in [4.78, 5) is 26.8. The molecule has 180 valence electrons. The second kappa shape index (κ2) is 10.7. The highest BCUT2D eigenvalue weighted by Crippen LogP contribution is 2.25. The van der Waals surface area contributed by atoms with Gasteiger partial charge in [0.25, 0.3) is 0 Å². The van der Waals surface area contributed by atoms with Crippen molar-refractivity contribution in [1.29, 1.82) is 0 Å².